The van der Waals surface area contributed by atoms with Crippen LogP contribution in [0.15, 0.2) is 60.7 Å². The molecule has 5 amide bonds. The Kier molecular flexibility index (Phi) is 9.21. The normalized spacial score (nSPS) is 25.4. The summed E-state index contributed by atoms with van der Waals surface area (Å²) in [4.78, 5) is 80.2. The van der Waals surface area contributed by atoms with Gasteiger partial charge in [-0.2, -0.15) is 0 Å². The van der Waals surface area contributed by atoms with E-state index in [1.165, 1.54) is 0 Å². The summed E-state index contributed by atoms with van der Waals surface area (Å²) < 4.78 is 0. The Hall–Kier alpha value is -5.45. The van der Waals surface area contributed by atoms with Crippen molar-refractivity contribution < 1.29 is 24.0 Å². The molecule has 288 valence electrons. The van der Waals surface area contributed by atoms with Crippen LogP contribution < -0.4 is 20.0 Å². The van der Waals surface area contributed by atoms with Crippen molar-refractivity contribution in [3.8, 4) is 0 Å². The monoisotopic (exact) mass is 774 g/mol. The number of carbonyl (C=O) groups is 5. The zero-order valence-electron chi connectivity index (χ0n) is 31.1. The van der Waals surface area contributed by atoms with Gasteiger partial charge in [-0.3, -0.25) is 39.1 Å². The number of hydrogen-bond acceptors (Lipinski definition) is 9. The third kappa shape index (κ3) is 6.44. The summed E-state index contributed by atoms with van der Waals surface area (Å²) in [6, 6.07) is 18.4. The number of piperidine rings is 1. The Labute approximate surface area is 330 Å². The van der Waals surface area contributed by atoms with Crippen molar-refractivity contribution in [3.63, 3.8) is 0 Å². The lowest BCUT2D eigenvalue weighted by Gasteiger charge is -2.39. The van der Waals surface area contributed by atoms with Gasteiger partial charge in [-0.25, -0.2) is 4.85 Å². The van der Waals surface area contributed by atoms with Crippen LogP contribution in [-0.4, -0.2) is 122 Å². The maximum atomic E-state index is 13.6. The Bertz CT molecular complexity index is 2180. The molecule has 3 aromatic carbocycles. The van der Waals surface area contributed by atoms with Gasteiger partial charge >= 0.3 is 0 Å². The number of rotatable bonds is 6. The molecule has 5 saturated heterocycles. The quantitative estimate of drug-likeness (QED) is 0.287. The van der Waals surface area contributed by atoms with Gasteiger partial charge < -0.3 is 19.6 Å². The number of anilines is 3. The molecule has 14 heteroatoms. The third-order valence-electron chi connectivity index (χ3n) is 12.8. The number of amides is 5. The van der Waals surface area contributed by atoms with E-state index in [1.54, 1.807) is 18.2 Å². The summed E-state index contributed by atoms with van der Waals surface area (Å²) in [6.45, 7) is 15.8. The van der Waals surface area contributed by atoms with Crippen LogP contribution in [0.3, 0.4) is 0 Å². The van der Waals surface area contributed by atoms with E-state index in [9.17, 15) is 24.0 Å². The number of nitrogens with zero attached hydrogens (tertiary/aromatic N) is 7. The molecule has 0 aromatic heterocycles. The second kappa shape index (κ2) is 14.2. The van der Waals surface area contributed by atoms with Crippen LogP contribution in [0.5, 0.6) is 0 Å². The molecule has 0 aliphatic carbocycles. The van der Waals surface area contributed by atoms with Crippen LogP contribution in [0.25, 0.3) is 4.85 Å². The summed E-state index contributed by atoms with van der Waals surface area (Å²) in [5, 5.41) is 2.72. The minimum absolute atomic E-state index is 0.0680. The first-order chi connectivity index (χ1) is 27.1. The van der Waals surface area contributed by atoms with Crippen LogP contribution in [0, 0.1) is 12.0 Å². The highest BCUT2D eigenvalue weighted by Crippen LogP contribution is 2.43. The second-order valence-electron chi connectivity index (χ2n) is 16.0. The molecule has 56 heavy (non-hydrogen) atoms. The number of benzene rings is 3. The van der Waals surface area contributed by atoms with Gasteiger partial charge in [0.05, 0.1) is 17.7 Å². The summed E-state index contributed by atoms with van der Waals surface area (Å²) in [7, 11) is 0. The molecular weight excluding hydrogens is 732 g/mol. The zero-order chi connectivity index (χ0) is 38.7. The SMILES string of the molecule is [C-]#[N+]c1ccc(N2CCC3(CCN(C(=O)c4ccc(N5CCN(C6CCN(c7ccc8c(c7)C(=O)N(C7CCC(=O)NC7=O)C8=O)C6)CC5)cc4)C3)C2)cc1Cl. The molecule has 3 atom stereocenters. The lowest BCUT2D eigenvalue weighted by atomic mass is 9.86. The summed E-state index contributed by atoms with van der Waals surface area (Å²) in [6.07, 6.45) is 3.21. The van der Waals surface area contributed by atoms with E-state index in [2.05, 4.69) is 41.9 Å². The highest BCUT2D eigenvalue weighted by molar-refractivity contribution is 6.33. The smallest absolute Gasteiger partial charge is 0.262 e. The molecule has 6 aliphatic rings. The van der Waals surface area contributed by atoms with Crippen molar-refractivity contribution >= 4 is 63.9 Å². The number of piperazine rings is 1. The van der Waals surface area contributed by atoms with E-state index in [0.717, 1.165) is 107 Å². The number of imide groups is 2. The topological polar surface area (TPSA) is 121 Å². The van der Waals surface area contributed by atoms with Crippen molar-refractivity contribution in [3.05, 3.63) is 93.8 Å². The Morgan fingerprint density at radius 3 is 2.21 bits per heavy atom. The van der Waals surface area contributed by atoms with E-state index in [0.29, 0.717) is 33.4 Å². The second-order valence-corrected chi connectivity index (χ2v) is 16.4. The average Bonchev–Trinajstić information content (AvgIpc) is 4.02. The number of nitrogens with one attached hydrogen (secondary N) is 1. The maximum absolute atomic E-state index is 13.6. The molecule has 1 N–H and O–H groups in total. The number of halogens is 1. The Balaban J connectivity index is 0.763. The van der Waals surface area contributed by atoms with Crippen LogP contribution in [0.1, 0.15) is 63.2 Å². The fourth-order valence-electron chi connectivity index (χ4n) is 9.65. The van der Waals surface area contributed by atoms with Gasteiger partial charge in [0.15, 0.2) is 0 Å². The van der Waals surface area contributed by atoms with Gasteiger partial charge in [-0.1, -0.05) is 17.7 Å². The Morgan fingerprint density at radius 1 is 0.750 bits per heavy atom. The third-order valence-corrected chi connectivity index (χ3v) is 13.1. The van der Waals surface area contributed by atoms with Crippen LogP contribution >= 0.6 is 11.6 Å². The molecule has 3 unspecified atom stereocenters. The first kappa shape index (κ1) is 36.2. The maximum Gasteiger partial charge on any atom is 0.262 e. The molecule has 5 fully saturated rings. The predicted molar refractivity (Wildman–Crippen MR) is 211 cm³/mol. The number of carbonyl (C=O) groups excluding carboxylic acids is 5. The minimum atomic E-state index is -0.976. The largest absolute Gasteiger partial charge is 0.371 e. The molecule has 6 aliphatic heterocycles. The van der Waals surface area contributed by atoms with E-state index < -0.39 is 29.7 Å². The standard InChI is InChI=1S/C42H43ClN8O5/c1-44-35-9-7-30(23-34(35)43)49-16-13-42(25-49)14-17-50(26-42)39(54)27-2-4-28(5-3-27)46-18-20-47(21-19-46)31-12-15-48(24-31)29-6-8-32-33(22-29)41(56)51(40(32)55)36-10-11-37(52)45-38(36)53/h2-9,22-23,31,36H,10-21,24-26H2,(H,45,52,53). The van der Waals surface area contributed by atoms with Crippen LogP contribution in [0.2, 0.25) is 5.02 Å². The summed E-state index contributed by atoms with van der Waals surface area (Å²) in [5.74, 6) is -1.90. The van der Waals surface area contributed by atoms with Gasteiger partial charge in [-0.15, -0.1) is 0 Å². The predicted octanol–water partition coefficient (Wildman–Crippen LogP) is 4.44. The molecule has 1 spiro atoms. The highest BCUT2D eigenvalue weighted by atomic mass is 35.5. The number of fused-ring (bicyclic) bond motifs is 1. The molecule has 13 nitrogen and oxygen atoms in total. The molecule has 0 saturated carbocycles. The van der Waals surface area contributed by atoms with Gasteiger partial charge in [0.25, 0.3) is 17.7 Å². The van der Waals surface area contributed by atoms with Crippen LogP contribution in [-0.2, 0) is 9.59 Å². The van der Waals surface area contributed by atoms with Crippen molar-refractivity contribution in [1.82, 2.24) is 20.0 Å². The lowest BCUT2D eigenvalue weighted by molar-refractivity contribution is -0.136. The summed E-state index contributed by atoms with van der Waals surface area (Å²) >= 11 is 6.32. The first-order valence-electron chi connectivity index (χ1n) is 19.5. The minimum Gasteiger partial charge on any atom is -0.371 e. The van der Waals surface area contributed by atoms with Gasteiger partial charge in [0.2, 0.25) is 17.5 Å². The highest BCUT2D eigenvalue weighted by Gasteiger charge is 2.46. The zero-order valence-corrected chi connectivity index (χ0v) is 31.8. The molecule has 0 radical (unpaired) electrons. The molecule has 3 aromatic rings. The van der Waals surface area contributed by atoms with Gasteiger partial charge in [0.1, 0.15) is 6.04 Å². The van der Waals surface area contributed by atoms with E-state index in [-0.39, 0.29) is 24.2 Å². The fraction of sp³-hybridized carbons (Fsp3) is 0.429. The Morgan fingerprint density at radius 2 is 1.46 bits per heavy atom. The fourth-order valence-corrected chi connectivity index (χ4v) is 9.87. The lowest BCUT2D eigenvalue weighted by Crippen LogP contribution is -2.54. The molecule has 0 bridgehead atoms. The van der Waals surface area contributed by atoms with E-state index in [1.807, 2.05) is 35.2 Å². The molecule has 9 rings (SSSR count). The average molecular weight is 775 g/mol. The van der Waals surface area contributed by atoms with Crippen LogP contribution in [0.4, 0.5) is 22.7 Å². The first-order valence-corrected chi connectivity index (χ1v) is 19.9. The van der Waals surface area contributed by atoms with E-state index >= 15 is 0 Å². The summed E-state index contributed by atoms with van der Waals surface area (Å²) in [5.41, 5.74) is 4.88. The van der Waals surface area contributed by atoms with Crippen molar-refractivity contribution in [1.29, 1.82) is 0 Å². The van der Waals surface area contributed by atoms with Crippen molar-refractivity contribution in [2.24, 2.45) is 5.41 Å². The van der Waals surface area contributed by atoms with Gasteiger partial charge in [0, 0.05) is 111 Å². The van der Waals surface area contributed by atoms with E-state index in [4.69, 9.17) is 18.2 Å². The van der Waals surface area contributed by atoms with Crippen molar-refractivity contribution in [2.45, 2.75) is 44.2 Å². The van der Waals surface area contributed by atoms with Crippen molar-refractivity contribution in [2.75, 3.05) is 80.1 Å². The molecule has 6 heterocycles. The van der Waals surface area contributed by atoms with Gasteiger partial charge in [-0.05, 0) is 80.3 Å². The number of hydrogen-bond donors (Lipinski definition) is 1. The molecular formula is C42H43ClN8O5. The number of likely N-dealkylation sites (tertiary alicyclic amines) is 1.